The number of ether oxygens (including phenoxy) is 1. The van der Waals surface area contributed by atoms with E-state index in [2.05, 4.69) is 0 Å². The summed E-state index contributed by atoms with van der Waals surface area (Å²) >= 11 is 0. The van der Waals surface area contributed by atoms with Crippen molar-refractivity contribution in [1.29, 1.82) is 0 Å². The molecule has 0 saturated carbocycles. The van der Waals surface area contributed by atoms with Crippen LogP contribution in [0.25, 0.3) is 0 Å². The fourth-order valence-corrected chi connectivity index (χ4v) is 1.16. The van der Waals surface area contributed by atoms with Crippen molar-refractivity contribution in [1.82, 2.24) is 4.90 Å². The van der Waals surface area contributed by atoms with Crippen molar-refractivity contribution >= 4 is 5.91 Å². The Kier molecular flexibility index (Phi) is 6.35. The molecule has 7 heteroatoms. The highest BCUT2D eigenvalue weighted by Crippen LogP contribution is 2.16. The van der Waals surface area contributed by atoms with Gasteiger partial charge in [0, 0.05) is 20.3 Å². The summed E-state index contributed by atoms with van der Waals surface area (Å²) in [5.74, 6) is -0.697. The van der Waals surface area contributed by atoms with Gasteiger partial charge < -0.3 is 15.4 Å². The molecule has 0 spiro atoms. The van der Waals surface area contributed by atoms with Crippen molar-refractivity contribution in [2.75, 3.05) is 26.8 Å². The molecule has 16 heavy (non-hydrogen) atoms. The smallest absolute Gasteiger partial charge is 0.385 e. The minimum Gasteiger partial charge on any atom is -0.385 e. The van der Waals surface area contributed by atoms with Crippen LogP contribution in [-0.2, 0) is 9.53 Å². The predicted octanol–water partition coefficient (Wildman–Crippen LogP) is 0.761. The monoisotopic (exact) mass is 242 g/mol. The van der Waals surface area contributed by atoms with Gasteiger partial charge in [-0.05, 0) is 13.3 Å². The average Bonchev–Trinajstić information content (AvgIpc) is 2.20. The lowest BCUT2D eigenvalue weighted by atomic mass is 10.2. The lowest BCUT2D eigenvalue weighted by Gasteiger charge is -2.25. The van der Waals surface area contributed by atoms with E-state index in [-0.39, 0.29) is 19.6 Å². The van der Waals surface area contributed by atoms with Gasteiger partial charge in [-0.15, -0.1) is 0 Å². The third-order valence-electron chi connectivity index (χ3n) is 2.01. The van der Waals surface area contributed by atoms with Crippen molar-refractivity contribution in [2.24, 2.45) is 5.73 Å². The first kappa shape index (κ1) is 15.2. The van der Waals surface area contributed by atoms with Crippen LogP contribution in [0.4, 0.5) is 13.2 Å². The Morgan fingerprint density at radius 3 is 2.44 bits per heavy atom. The molecule has 0 rings (SSSR count). The summed E-state index contributed by atoms with van der Waals surface area (Å²) in [6, 6.07) is -0.942. The van der Waals surface area contributed by atoms with Crippen LogP contribution in [0.2, 0.25) is 0 Å². The van der Waals surface area contributed by atoms with E-state index in [9.17, 15) is 18.0 Å². The van der Waals surface area contributed by atoms with Gasteiger partial charge in [-0.1, -0.05) is 0 Å². The number of methoxy groups -OCH3 is 1. The molecule has 0 bridgehead atoms. The Morgan fingerprint density at radius 1 is 1.50 bits per heavy atom. The van der Waals surface area contributed by atoms with Crippen molar-refractivity contribution < 1.29 is 22.7 Å². The molecule has 1 atom stereocenters. The van der Waals surface area contributed by atoms with E-state index in [1.54, 1.807) is 0 Å². The summed E-state index contributed by atoms with van der Waals surface area (Å²) < 4.78 is 41.0. The largest absolute Gasteiger partial charge is 0.406 e. The van der Waals surface area contributed by atoms with Gasteiger partial charge in [-0.2, -0.15) is 13.2 Å². The Hall–Kier alpha value is -0.820. The predicted molar refractivity (Wildman–Crippen MR) is 52.8 cm³/mol. The molecule has 4 nitrogen and oxygen atoms in total. The van der Waals surface area contributed by atoms with Gasteiger partial charge in [0.25, 0.3) is 0 Å². The zero-order valence-corrected chi connectivity index (χ0v) is 9.38. The maximum Gasteiger partial charge on any atom is 0.406 e. The molecule has 0 aromatic rings. The van der Waals surface area contributed by atoms with Crippen LogP contribution in [-0.4, -0.2) is 49.8 Å². The highest BCUT2D eigenvalue weighted by Gasteiger charge is 2.33. The van der Waals surface area contributed by atoms with E-state index in [1.807, 2.05) is 0 Å². The maximum atomic E-state index is 12.1. The number of halogens is 3. The molecule has 1 unspecified atom stereocenters. The Balaban J connectivity index is 4.30. The fraction of sp³-hybridized carbons (Fsp3) is 0.889. The van der Waals surface area contributed by atoms with Gasteiger partial charge >= 0.3 is 6.18 Å². The summed E-state index contributed by atoms with van der Waals surface area (Å²) in [7, 11) is 1.44. The van der Waals surface area contributed by atoms with E-state index in [0.717, 1.165) is 0 Å². The van der Waals surface area contributed by atoms with Gasteiger partial charge in [-0.25, -0.2) is 0 Å². The Bertz CT molecular complexity index is 221. The van der Waals surface area contributed by atoms with E-state index in [0.29, 0.717) is 4.90 Å². The second-order valence-electron chi connectivity index (χ2n) is 3.36. The molecule has 96 valence electrons. The molecule has 0 fully saturated rings. The summed E-state index contributed by atoms with van der Waals surface area (Å²) in [4.78, 5) is 12.2. The van der Waals surface area contributed by atoms with Crippen LogP contribution in [0.3, 0.4) is 0 Å². The topological polar surface area (TPSA) is 55.6 Å². The van der Waals surface area contributed by atoms with Crippen molar-refractivity contribution in [3.05, 3.63) is 0 Å². The second kappa shape index (κ2) is 6.70. The minimum absolute atomic E-state index is 0.0149. The highest BCUT2D eigenvalue weighted by atomic mass is 19.4. The number of amides is 1. The lowest BCUT2D eigenvalue weighted by Crippen LogP contribution is -2.47. The number of likely N-dealkylation sites (N-methyl/N-ethyl adjacent to an activating group) is 1. The van der Waals surface area contributed by atoms with Crippen LogP contribution >= 0.6 is 0 Å². The lowest BCUT2D eigenvalue weighted by molar-refractivity contribution is -0.161. The quantitative estimate of drug-likeness (QED) is 0.748. The molecular weight excluding hydrogens is 225 g/mol. The minimum atomic E-state index is -4.40. The van der Waals surface area contributed by atoms with Crippen molar-refractivity contribution in [3.63, 3.8) is 0 Å². The SMILES string of the molecule is CCN(CC(F)(F)F)C(=O)C(N)CCOC. The van der Waals surface area contributed by atoms with Crippen LogP contribution in [0.1, 0.15) is 13.3 Å². The zero-order chi connectivity index (χ0) is 12.8. The van der Waals surface area contributed by atoms with Gasteiger partial charge in [0.15, 0.2) is 0 Å². The van der Waals surface area contributed by atoms with E-state index in [4.69, 9.17) is 10.5 Å². The molecule has 0 radical (unpaired) electrons. The molecule has 0 aliphatic carbocycles. The molecule has 0 aromatic carbocycles. The number of alkyl halides is 3. The molecular formula is C9H17F3N2O2. The molecule has 0 saturated heterocycles. The van der Waals surface area contributed by atoms with Crippen molar-refractivity contribution in [2.45, 2.75) is 25.6 Å². The molecule has 1 amide bonds. The standard InChI is InChI=1S/C9H17F3N2O2/c1-3-14(6-9(10,11)12)8(15)7(13)4-5-16-2/h7H,3-6,13H2,1-2H3. The summed E-state index contributed by atoms with van der Waals surface area (Å²) in [6.45, 7) is 0.450. The van der Waals surface area contributed by atoms with Crippen LogP contribution in [0.5, 0.6) is 0 Å². The number of nitrogens with two attached hydrogens (primary N) is 1. The summed E-state index contributed by atoms with van der Waals surface area (Å²) in [5.41, 5.74) is 5.46. The summed E-state index contributed by atoms with van der Waals surface area (Å²) in [5, 5.41) is 0. The van der Waals surface area contributed by atoms with Crippen LogP contribution in [0, 0.1) is 0 Å². The maximum absolute atomic E-state index is 12.1. The van der Waals surface area contributed by atoms with E-state index < -0.39 is 24.7 Å². The first-order valence-electron chi connectivity index (χ1n) is 4.91. The third-order valence-corrected chi connectivity index (χ3v) is 2.01. The number of nitrogens with zero attached hydrogens (tertiary/aromatic N) is 1. The average molecular weight is 242 g/mol. The number of hydrogen-bond donors (Lipinski definition) is 1. The van der Waals surface area contributed by atoms with Gasteiger partial charge in [0.2, 0.25) is 5.91 Å². The van der Waals surface area contributed by atoms with E-state index >= 15 is 0 Å². The first-order valence-corrected chi connectivity index (χ1v) is 4.91. The third kappa shape index (κ3) is 5.92. The Morgan fingerprint density at radius 2 is 2.06 bits per heavy atom. The first-order chi connectivity index (χ1) is 7.31. The number of rotatable bonds is 6. The Labute approximate surface area is 92.5 Å². The number of carbonyl (C=O) groups excluding carboxylic acids is 1. The molecule has 0 aliphatic heterocycles. The van der Waals surface area contributed by atoms with Gasteiger partial charge in [0.05, 0.1) is 6.04 Å². The van der Waals surface area contributed by atoms with Crippen LogP contribution < -0.4 is 5.73 Å². The molecule has 2 N–H and O–H groups in total. The second-order valence-corrected chi connectivity index (χ2v) is 3.36. The number of carbonyl (C=O) groups is 1. The molecule has 0 aliphatic rings. The zero-order valence-electron chi connectivity index (χ0n) is 9.38. The van der Waals surface area contributed by atoms with Crippen molar-refractivity contribution in [3.8, 4) is 0 Å². The molecule has 0 aromatic heterocycles. The fourth-order valence-electron chi connectivity index (χ4n) is 1.16. The van der Waals surface area contributed by atoms with Crippen LogP contribution in [0.15, 0.2) is 0 Å². The van der Waals surface area contributed by atoms with E-state index in [1.165, 1.54) is 14.0 Å². The number of hydrogen-bond acceptors (Lipinski definition) is 3. The van der Waals surface area contributed by atoms with Gasteiger partial charge in [-0.3, -0.25) is 4.79 Å². The highest BCUT2D eigenvalue weighted by molar-refractivity contribution is 5.81. The molecule has 0 heterocycles. The van der Waals surface area contributed by atoms with Gasteiger partial charge in [0.1, 0.15) is 6.54 Å². The normalized spacial score (nSPS) is 13.6. The summed E-state index contributed by atoms with van der Waals surface area (Å²) in [6.07, 6.45) is -4.18.